The SMILES string of the molecule is O=C(O)C(O)C(O)C(=O)O.[CH3-].[Na+]. The molecular weight excluding hydrogens is 179 g/mol. The predicted molar refractivity (Wildman–Crippen MR) is 33.7 cm³/mol. The van der Waals surface area contributed by atoms with Crippen LogP contribution in [-0.2, 0) is 9.59 Å². The molecular formula is C5H9NaO6. The first-order valence-corrected chi connectivity index (χ1v) is 2.28. The first-order chi connectivity index (χ1) is 4.46. The summed E-state index contributed by atoms with van der Waals surface area (Å²) >= 11 is 0. The second-order valence-electron chi connectivity index (χ2n) is 1.57. The van der Waals surface area contributed by atoms with Crippen molar-refractivity contribution in [3.8, 4) is 0 Å². The number of carboxylic acid groups (broad SMARTS) is 2. The minimum atomic E-state index is -2.27. The van der Waals surface area contributed by atoms with Crippen LogP contribution in [0.15, 0.2) is 0 Å². The van der Waals surface area contributed by atoms with Crippen molar-refractivity contribution in [1.29, 1.82) is 0 Å². The van der Waals surface area contributed by atoms with Crippen LogP contribution in [0.2, 0.25) is 0 Å². The van der Waals surface area contributed by atoms with E-state index in [4.69, 9.17) is 20.4 Å². The maximum Gasteiger partial charge on any atom is 1.00 e. The first-order valence-electron chi connectivity index (χ1n) is 2.28. The van der Waals surface area contributed by atoms with Crippen molar-refractivity contribution in [2.45, 2.75) is 12.2 Å². The van der Waals surface area contributed by atoms with Gasteiger partial charge in [0.1, 0.15) is 0 Å². The van der Waals surface area contributed by atoms with E-state index in [-0.39, 0.29) is 37.0 Å². The standard InChI is InChI=1S/C4H6O6.CH3.Na/c5-1(3(7)8)2(6)4(9)10;;/h1-2,5-6H,(H,7,8)(H,9,10);1H3;/q;-1;+1. The molecule has 0 saturated heterocycles. The van der Waals surface area contributed by atoms with E-state index in [1.54, 1.807) is 0 Å². The summed E-state index contributed by atoms with van der Waals surface area (Å²) in [6, 6.07) is 0. The van der Waals surface area contributed by atoms with Crippen molar-refractivity contribution in [2.24, 2.45) is 0 Å². The molecule has 0 bridgehead atoms. The van der Waals surface area contributed by atoms with E-state index < -0.39 is 24.1 Å². The fourth-order valence-corrected chi connectivity index (χ4v) is 0.270. The molecule has 2 atom stereocenters. The molecule has 6 nitrogen and oxygen atoms in total. The predicted octanol–water partition coefficient (Wildman–Crippen LogP) is -4.67. The molecule has 0 amide bonds. The number of rotatable bonds is 3. The van der Waals surface area contributed by atoms with Gasteiger partial charge in [0.25, 0.3) is 0 Å². The van der Waals surface area contributed by atoms with Crippen molar-refractivity contribution >= 4 is 11.9 Å². The average Bonchev–Trinajstić information content (AvgIpc) is 1.84. The zero-order valence-corrected chi connectivity index (χ0v) is 8.76. The molecule has 0 rings (SSSR count). The third-order valence-corrected chi connectivity index (χ3v) is 0.805. The van der Waals surface area contributed by atoms with Crippen LogP contribution >= 0.6 is 0 Å². The van der Waals surface area contributed by atoms with Gasteiger partial charge in [-0.3, -0.25) is 0 Å². The Bertz CT molecular complexity index is 140. The zero-order chi connectivity index (χ0) is 8.31. The molecule has 0 fully saturated rings. The molecule has 66 valence electrons. The van der Waals surface area contributed by atoms with Gasteiger partial charge in [0.2, 0.25) is 0 Å². The third-order valence-electron chi connectivity index (χ3n) is 0.805. The molecule has 0 saturated carbocycles. The molecule has 12 heavy (non-hydrogen) atoms. The van der Waals surface area contributed by atoms with Gasteiger partial charge >= 0.3 is 41.5 Å². The molecule has 0 aliphatic heterocycles. The summed E-state index contributed by atoms with van der Waals surface area (Å²) in [7, 11) is 0. The Balaban J connectivity index is -0.000000405. The second kappa shape index (κ2) is 7.51. The Kier molecular flexibility index (Phi) is 11.1. The van der Waals surface area contributed by atoms with Gasteiger partial charge in [0.15, 0.2) is 12.2 Å². The minimum absolute atomic E-state index is 0. The van der Waals surface area contributed by atoms with Crippen molar-refractivity contribution in [2.75, 3.05) is 0 Å². The van der Waals surface area contributed by atoms with Crippen LogP contribution in [0, 0.1) is 7.43 Å². The summed E-state index contributed by atoms with van der Waals surface area (Å²) in [6.07, 6.45) is -4.53. The molecule has 0 aliphatic carbocycles. The number of aliphatic carboxylic acids is 2. The molecule has 2 unspecified atom stereocenters. The fourth-order valence-electron chi connectivity index (χ4n) is 0.270. The summed E-state index contributed by atoms with van der Waals surface area (Å²) in [5.74, 6) is -3.54. The van der Waals surface area contributed by atoms with E-state index in [0.29, 0.717) is 0 Å². The topological polar surface area (TPSA) is 115 Å². The van der Waals surface area contributed by atoms with E-state index in [2.05, 4.69) is 0 Å². The monoisotopic (exact) mass is 188 g/mol. The summed E-state index contributed by atoms with van der Waals surface area (Å²) in [4.78, 5) is 19.5. The molecule has 0 radical (unpaired) electrons. The van der Waals surface area contributed by atoms with Crippen molar-refractivity contribution in [3.63, 3.8) is 0 Å². The smallest absolute Gasteiger partial charge is 0.479 e. The molecule has 0 aromatic heterocycles. The first kappa shape index (κ1) is 17.8. The van der Waals surface area contributed by atoms with Gasteiger partial charge in [-0.2, -0.15) is 0 Å². The minimum Gasteiger partial charge on any atom is -0.479 e. The molecule has 7 heteroatoms. The average molecular weight is 188 g/mol. The Hall–Kier alpha value is -0.140. The van der Waals surface area contributed by atoms with E-state index in [0.717, 1.165) is 0 Å². The summed E-state index contributed by atoms with van der Waals surface area (Å²) in [5.41, 5.74) is 0. The van der Waals surface area contributed by atoms with Crippen molar-refractivity contribution in [1.82, 2.24) is 0 Å². The Morgan fingerprint density at radius 3 is 1.17 bits per heavy atom. The number of aliphatic hydroxyl groups is 2. The quantitative estimate of drug-likeness (QED) is 0.261. The summed E-state index contributed by atoms with van der Waals surface area (Å²) in [6.45, 7) is 0. The van der Waals surface area contributed by atoms with Gasteiger partial charge < -0.3 is 27.9 Å². The third kappa shape index (κ3) is 5.50. The summed E-state index contributed by atoms with van der Waals surface area (Å²) < 4.78 is 0. The van der Waals surface area contributed by atoms with Gasteiger partial charge in [-0.1, -0.05) is 0 Å². The molecule has 0 spiro atoms. The Labute approximate surface area is 91.1 Å². The number of carboxylic acids is 2. The fraction of sp³-hybridized carbons (Fsp3) is 0.400. The number of hydrogen-bond acceptors (Lipinski definition) is 4. The maximum absolute atomic E-state index is 9.77. The van der Waals surface area contributed by atoms with E-state index in [9.17, 15) is 9.59 Å². The Morgan fingerprint density at radius 1 is 0.917 bits per heavy atom. The van der Waals surface area contributed by atoms with Gasteiger partial charge in [0.05, 0.1) is 0 Å². The van der Waals surface area contributed by atoms with Gasteiger partial charge in [0, 0.05) is 0 Å². The van der Waals surface area contributed by atoms with Crippen LogP contribution in [-0.4, -0.2) is 44.6 Å². The van der Waals surface area contributed by atoms with Gasteiger partial charge in [-0.15, -0.1) is 0 Å². The van der Waals surface area contributed by atoms with Gasteiger partial charge in [-0.05, 0) is 0 Å². The number of hydrogen-bond donors (Lipinski definition) is 4. The second-order valence-corrected chi connectivity index (χ2v) is 1.57. The van der Waals surface area contributed by atoms with E-state index in [1.807, 2.05) is 0 Å². The van der Waals surface area contributed by atoms with Crippen LogP contribution < -0.4 is 29.6 Å². The molecule has 0 aromatic rings. The summed E-state index contributed by atoms with van der Waals surface area (Å²) in [5, 5.41) is 32.5. The van der Waals surface area contributed by atoms with Crippen molar-refractivity contribution < 1.29 is 59.6 Å². The molecule has 0 aliphatic rings. The van der Waals surface area contributed by atoms with E-state index in [1.165, 1.54) is 0 Å². The number of aliphatic hydroxyl groups excluding tert-OH is 2. The van der Waals surface area contributed by atoms with E-state index >= 15 is 0 Å². The maximum atomic E-state index is 9.77. The van der Waals surface area contributed by atoms with Crippen LogP contribution in [0.25, 0.3) is 0 Å². The zero-order valence-electron chi connectivity index (χ0n) is 6.76. The largest absolute Gasteiger partial charge is 1.00 e. The normalized spacial score (nSPS) is 13.2. The Morgan fingerprint density at radius 2 is 1.08 bits per heavy atom. The molecule has 0 heterocycles. The number of carbonyl (C=O) groups is 2. The van der Waals surface area contributed by atoms with Crippen LogP contribution in [0.1, 0.15) is 0 Å². The van der Waals surface area contributed by atoms with Crippen LogP contribution in [0.3, 0.4) is 0 Å². The van der Waals surface area contributed by atoms with Gasteiger partial charge in [-0.25, -0.2) is 9.59 Å². The van der Waals surface area contributed by atoms with Crippen molar-refractivity contribution in [3.05, 3.63) is 7.43 Å². The van der Waals surface area contributed by atoms with Crippen LogP contribution in [0.4, 0.5) is 0 Å². The van der Waals surface area contributed by atoms with Crippen LogP contribution in [0.5, 0.6) is 0 Å². The molecule has 4 N–H and O–H groups in total. The molecule has 0 aromatic carbocycles.